The maximum Gasteiger partial charge on any atom is 0.469 e. The Morgan fingerprint density at radius 3 is 1.95 bits per heavy atom. The highest BCUT2D eigenvalue weighted by Gasteiger charge is 2.35. The van der Waals surface area contributed by atoms with Crippen LogP contribution in [0.2, 0.25) is 0 Å². The topological polar surface area (TPSA) is 189 Å². The van der Waals surface area contributed by atoms with Crippen LogP contribution < -0.4 is 0 Å². The molecule has 0 bridgehead atoms. The first-order valence-electron chi connectivity index (χ1n) is 22.3. The van der Waals surface area contributed by atoms with Gasteiger partial charge in [-0.1, -0.05) is 140 Å². The number of hydrogen-bond donors (Lipinski definition) is 5. The fourth-order valence-corrected chi connectivity index (χ4v) is 7.04. The van der Waals surface area contributed by atoms with E-state index < -0.39 is 57.1 Å². The van der Waals surface area contributed by atoms with E-state index in [4.69, 9.17) is 24.0 Å². The number of phosphoric ester groups is 1. The van der Waals surface area contributed by atoms with Crippen molar-refractivity contribution in [2.45, 2.75) is 205 Å². The molecule has 1 fully saturated rings. The van der Waals surface area contributed by atoms with E-state index in [-0.39, 0.29) is 31.8 Å². The minimum absolute atomic E-state index is 0.0159. The average Bonchev–Trinajstić information content (AvgIpc) is 3.17. The summed E-state index contributed by atoms with van der Waals surface area (Å²) >= 11 is 0. The molecule has 58 heavy (non-hydrogen) atoms. The van der Waals surface area contributed by atoms with E-state index in [0.29, 0.717) is 32.1 Å². The summed E-state index contributed by atoms with van der Waals surface area (Å²) in [5.74, 6) is -1.41. The Labute approximate surface area is 349 Å². The molecule has 1 aliphatic rings. The van der Waals surface area contributed by atoms with Crippen LogP contribution in [0, 0.1) is 5.92 Å². The molecule has 0 amide bonds. The molecule has 0 saturated carbocycles. The summed E-state index contributed by atoms with van der Waals surface area (Å²) in [7, 11) is -4.84. The van der Waals surface area contributed by atoms with Gasteiger partial charge in [0.25, 0.3) is 0 Å². The lowest BCUT2D eigenvalue weighted by Crippen LogP contribution is -2.43. The van der Waals surface area contributed by atoms with Crippen molar-refractivity contribution in [3.8, 4) is 0 Å². The van der Waals surface area contributed by atoms with Crippen molar-refractivity contribution in [3.05, 3.63) is 48.6 Å². The smallest absolute Gasteiger partial charge is 0.462 e. The van der Waals surface area contributed by atoms with E-state index in [1.165, 1.54) is 57.8 Å². The van der Waals surface area contributed by atoms with Crippen molar-refractivity contribution in [3.63, 3.8) is 0 Å². The van der Waals surface area contributed by atoms with Gasteiger partial charge in [0.05, 0.1) is 24.9 Å². The summed E-state index contributed by atoms with van der Waals surface area (Å²) in [6.07, 6.45) is 34.4. The third kappa shape index (κ3) is 31.7. The molecule has 0 spiro atoms. The van der Waals surface area contributed by atoms with Gasteiger partial charge in [-0.05, 0) is 64.2 Å². The summed E-state index contributed by atoms with van der Waals surface area (Å²) < 4.78 is 32.1. The highest BCUT2D eigenvalue weighted by atomic mass is 31.2. The van der Waals surface area contributed by atoms with Crippen LogP contribution in [0.4, 0.5) is 0 Å². The number of carbonyl (C=O) groups excluding carboxylic acids is 2. The SMILES string of the molecule is CCCCC/C=C\C/C=C\CCCCCCCCCCCC(=O)OC[C@H](COP(=O)(O)O)OC(=O)CCC/C=C\C[C@H]1[C@@H](O)CC(O)O[C@@H]1/C=C/[C@@H](O)CCCCC. The molecule has 6 atom stereocenters. The number of aliphatic hydroxyl groups is 3. The molecule has 336 valence electrons. The number of esters is 2. The Balaban J connectivity index is 2.28. The molecule has 1 heterocycles. The van der Waals surface area contributed by atoms with Gasteiger partial charge in [0, 0.05) is 25.2 Å². The predicted molar refractivity (Wildman–Crippen MR) is 229 cm³/mol. The Morgan fingerprint density at radius 1 is 0.724 bits per heavy atom. The van der Waals surface area contributed by atoms with E-state index in [1.54, 1.807) is 12.2 Å². The van der Waals surface area contributed by atoms with Crippen LogP contribution in [0.1, 0.15) is 174 Å². The Hall–Kier alpha value is -2.15. The van der Waals surface area contributed by atoms with Crippen LogP contribution >= 0.6 is 7.82 Å². The van der Waals surface area contributed by atoms with Gasteiger partial charge >= 0.3 is 19.8 Å². The molecule has 0 radical (unpaired) electrons. The molecular weight excluding hydrogens is 763 g/mol. The number of ether oxygens (including phenoxy) is 3. The van der Waals surface area contributed by atoms with E-state index in [0.717, 1.165) is 51.4 Å². The minimum Gasteiger partial charge on any atom is -0.462 e. The molecule has 12 nitrogen and oxygen atoms in total. The first-order valence-corrected chi connectivity index (χ1v) is 23.9. The van der Waals surface area contributed by atoms with E-state index in [9.17, 15) is 29.5 Å². The maximum absolute atomic E-state index is 12.5. The first kappa shape index (κ1) is 53.9. The molecule has 5 N–H and O–H groups in total. The van der Waals surface area contributed by atoms with Crippen LogP contribution in [-0.2, 0) is 32.9 Å². The summed E-state index contributed by atoms with van der Waals surface area (Å²) in [6.45, 7) is 3.33. The quantitative estimate of drug-likeness (QED) is 0.0174. The molecule has 1 aliphatic heterocycles. The van der Waals surface area contributed by atoms with Crippen LogP contribution in [0.3, 0.4) is 0 Å². The number of aliphatic hydroxyl groups excluding tert-OH is 3. The zero-order valence-electron chi connectivity index (χ0n) is 35.7. The lowest BCUT2D eigenvalue weighted by Gasteiger charge is -2.36. The Kier molecular flexibility index (Phi) is 33.1. The molecule has 0 aromatic heterocycles. The maximum atomic E-state index is 12.5. The van der Waals surface area contributed by atoms with Gasteiger partial charge in [-0.2, -0.15) is 0 Å². The van der Waals surface area contributed by atoms with Gasteiger partial charge in [0.2, 0.25) is 0 Å². The average molecular weight is 843 g/mol. The van der Waals surface area contributed by atoms with Crippen molar-refractivity contribution in [2.75, 3.05) is 13.2 Å². The number of carbonyl (C=O) groups is 2. The minimum atomic E-state index is -4.84. The van der Waals surface area contributed by atoms with Crippen LogP contribution in [0.5, 0.6) is 0 Å². The lowest BCUT2D eigenvalue weighted by atomic mass is 9.87. The molecule has 1 unspecified atom stereocenters. The second-order valence-corrected chi connectivity index (χ2v) is 16.8. The zero-order chi connectivity index (χ0) is 42.7. The van der Waals surface area contributed by atoms with Crippen molar-refractivity contribution in [1.29, 1.82) is 0 Å². The molecule has 0 aliphatic carbocycles. The van der Waals surface area contributed by atoms with Gasteiger partial charge in [-0.25, -0.2) is 4.57 Å². The number of rotatable bonds is 36. The third-order valence-electron chi connectivity index (χ3n) is 10.1. The van der Waals surface area contributed by atoms with Crippen LogP contribution in [0.25, 0.3) is 0 Å². The van der Waals surface area contributed by atoms with E-state index in [1.807, 2.05) is 12.2 Å². The van der Waals surface area contributed by atoms with E-state index >= 15 is 0 Å². The fourth-order valence-electron chi connectivity index (χ4n) is 6.68. The molecule has 1 saturated heterocycles. The molecule has 0 aromatic carbocycles. The fraction of sp³-hybridized carbons (Fsp3) is 0.778. The standard InChI is InChI=1S/C45H79O12P/c1-3-5-7-8-9-10-11-12-13-14-15-16-17-18-19-20-21-22-27-31-43(48)54-36-39(37-55-58(51,52)53)56-44(49)32-28-24-23-26-30-40-41(47)35-45(50)57-42(40)34-33-38(46)29-25-6-4-2/h9-10,12-13,23,26,33-34,38-42,45-47,50H,3-8,11,14-22,24-25,27-32,35-37H2,1-2H3,(H2,51,52,53)/b10-9-,13-12-,26-23-,34-33+/t38-,39+,40-,41-,42+,45?/m0/s1. The molecular formula is C45H79O12P. The second-order valence-electron chi connectivity index (χ2n) is 15.5. The van der Waals surface area contributed by atoms with Gasteiger partial charge in [0.1, 0.15) is 6.61 Å². The van der Waals surface area contributed by atoms with Gasteiger partial charge in [-0.15, -0.1) is 0 Å². The van der Waals surface area contributed by atoms with E-state index in [2.05, 4.69) is 42.7 Å². The zero-order valence-corrected chi connectivity index (χ0v) is 36.6. The van der Waals surface area contributed by atoms with Gasteiger partial charge in [-0.3, -0.25) is 14.1 Å². The van der Waals surface area contributed by atoms with Crippen molar-refractivity contribution < 1.29 is 58.0 Å². The van der Waals surface area contributed by atoms with Gasteiger partial charge in [0.15, 0.2) is 12.4 Å². The van der Waals surface area contributed by atoms with Crippen molar-refractivity contribution >= 4 is 19.8 Å². The molecule has 1 rings (SSSR count). The number of allylic oxidation sites excluding steroid dienone is 6. The largest absolute Gasteiger partial charge is 0.469 e. The first-order chi connectivity index (χ1) is 27.9. The number of unbranched alkanes of at least 4 members (excludes halogenated alkanes) is 15. The second kappa shape index (κ2) is 35.6. The van der Waals surface area contributed by atoms with Gasteiger partial charge < -0.3 is 39.3 Å². The summed E-state index contributed by atoms with van der Waals surface area (Å²) in [5.41, 5.74) is 0. The monoisotopic (exact) mass is 843 g/mol. The highest BCUT2D eigenvalue weighted by molar-refractivity contribution is 7.46. The molecule has 0 aromatic rings. The predicted octanol–water partition coefficient (Wildman–Crippen LogP) is 9.62. The summed E-state index contributed by atoms with van der Waals surface area (Å²) in [6, 6.07) is 0. The Bertz CT molecular complexity index is 1200. The van der Waals surface area contributed by atoms with Crippen molar-refractivity contribution in [1.82, 2.24) is 0 Å². The summed E-state index contributed by atoms with van der Waals surface area (Å²) in [5, 5.41) is 30.9. The van der Waals surface area contributed by atoms with Crippen molar-refractivity contribution in [2.24, 2.45) is 5.92 Å². The third-order valence-corrected chi connectivity index (χ3v) is 10.6. The molecule has 13 heteroatoms. The Morgan fingerprint density at radius 2 is 1.29 bits per heavy atom. The number of phosphoric acid groups is 1. The number of hydrogen-bond acceptors (Lipinski definition) is 10. The summed E-state index contributed by atoms with van der Waals surface area (Å²) in [4.78, 5) is 43.2. The van der Waals surface area contributed by atoms with Crippen LogP contribution in [0.15, 0.2) is 48.6 Å². The lowest BCUT2D eigenvalue weighted by molar-refractivity contribution is -0.199. The highest BCUT2D eigenvalue weighted by Crippen LogP contribution is 2.36. The normalized spacial score (nSPS) is 20.1. The van der Waals surface area contributed by atoms with Crippen LogP contribution in [-0.4, -0.2) is 81.0 Å².